The van der Waals surface area contributed by atoms with Crippen LogP contribution in [0.1, 0.15) is 25.7 Å². The molecule has 6 N–H and O–H groups in total. The Bertz CT molecular complexity index is 644. The predicted molar refractivity (Wildman–Crippen MR) is 114 cm³/mol. The zero-order valence-corrected chi connectivity index (χ0v) is 18.3. The Kier molecular flexibility index (Phi) is 11.6. The van der Waals surface area contributed by atoms with Crippen LogP contribution in [0.4, 0.5) is 0 Å². The van der Waals surface area contributed by atoms with Gasteiger partial charge in [-0.3, -0.25) is 19.2 Å². The van der Waals surface area contributed by atoms with Crippen LogP contribution in [-0.2, 0) is 24.0 Å². The standard InChI is InChI=1S/C17H28N4O7S2/c1-30-6-4-10(17(27)28)19-16(26)12(8-29)21-15(25)11(7-13(22)23)20-14(24)9-3-2-5-18-9/h9-12,18,29H,2-8H2,1H3,(H,19,26)(H,20,24)(H,21,25)(H,22,23)(H,27,28). The second-order valence-electron chi connectivity index (χ2n) is 6.73. The van der Waals surface area contributed by atoms with Crippen molar-refractivity contribution in [3.8, 4) is 0 Å². The van der Waals surface area contributed by atoms with E-state index in [1.54, 1.807) is 6.26 Å². The molecule has 1 fully saturated rings. The first-order chi connectivity index (χ1) is 14.2. The third kappa shape index (κ3) is 8.79. The summed E-state index contributed by atoms with van der Waals surface area (Å²) in [7, 11) is 0. The Morgan fingerprint density at radius 2 is 1.70 bits per heavy atom. The summed E-state index contributed by atoms with van der Waals surface area (Å²) in [5, 5.41) is 28.3. The molecule has 1 heterocycles. The highest BCUT2D eigenvalue weighted by molar-refractivity contribution is 7.98. The third-order valence-electron chi connectivity index (χ3n) is 4.43. The molecule has 4 unspecified atom stereocenters. The van der Waals surface area contributed by atoms with Gasteiger partial charge in [0.05, 0.1) is 12.5 Å². The number of carboxylic acids is 2. The van der Waals surface area contributed by atoms with E-state index >= 15 is 0 Å². The fraction of sp³-hybridized carbons (Fsp3) is 0.706. The van der Waals surface area contributed by atoms with Gasteiger partial charge < -0.3 is 31.5 Å². The van der Waals surface area contributed by atoms with Crippen molar-refractivity contribution in [2.24, 2.45) is 0 Å². The molecule has 11 nitrogen and oxygen atoms in total. The van der Waals surface area contributed by atoms with Gasteiger partial charge in [0, 0.05) is 5.75 Å². The average Bonchev–Trinajstić information content (AvgIpc) is 3.22. The number of hydrogen-bond acceptors (Lipinski definition) is 8. The first-order valence-electron chi connectivity index (χ1n) is 9.38. The molecule has 0 spiro atoms. The van der Waals surface area contributed by atoms with Gasteiger partial charge in [0.15, 0.2) is 0 Å². The van der Waals surface area contributed by atoms with Crippen molar-refractivity contribution in [2.45, 2.75) is 49.9 Å². The summed E-state index contributed by atoms with van der Waals surface area (Å²) in [5.74, 6) is -4.27. The van der Waals surface area contributed by atoms with Crippen molar-refractivity contribution in [3.05, 3.63) is 0 Å². The van der Waals surface area contributed by atoms with Crippen molar-refractivity contribution in [2.75, 3.05) is 24.3 Å². The predicted octanol–water partition coefficient (Wildman–Crippen LogP) is -1.56. The molecule has 0 aromatic carbocycles. The Labute approximate surface area is 183 Å². The van der Waals surface area contributed by atoms with Crippen LogP contribution in [0.3, 0.4) is 0 Å². The number of hydrogen-bond donors (Lipinski definition) is 7. The van der Waals surface area contributed by atoms with Crippen molar-refractivity contribution < 1.29 is 34.2 Å². The van der Waals surface area contributed by atoms with E-state index in [0.717, 1.165) is 6.42 Å². The number of nitrogens with one attached hydrogen (secondary N) is 4. The van der Waals surface area contributed by atoms with E-state index in [9.17, 15) is 29.1 Å². The molecule has 4 atom stereocenters. The molecule has 0 aliphatic carbocycles. The van der Waals surface area contributed by atoms with Crippen LogP contribution >= 0.6 is 24.4 Å². The Hall–Kier alpha value is -1.99. The van der Waals surface area contributed by atoms with Gasteiger partial charge in [-0.1, -0.05) is 0 Å². The molecule has 1 rings (SSSR count). The lowest BCUT2D eigenvalue weighted by molar-refractivity contribution is -0.143. The quantitative estimate of drug-likeness (QED) is 0.159. The Morgan fingerprint density at radius 1 is 1.07 bits per heavy atom. The van der Waals surface area contributed by atoms with E-state index in [2.05, 4.69) is 33.9 Å². The van der Waals surface area contributed by atoms with Gasteiger partial charge in [-0.15, -0.1) is 0 Å². The van der Waals surface area contributed by atoms with E-state index in [-0.39, 0.29) is 12.2 Å². The van der Waals surface area contributed by atoms with Crippen molar-refractivity contribution in [3.63, 3.8) is 0 Å². The molecule has 170 valence electrons. The van der Waals surface area contributed by atoms with Gasteiger partial charge in [0.25, 0.3) is 0 Å². The lowest BCUT2D eigenvalue weighted by atomic mass is 10.1. The van der Waals surface area contributed by atoms with Crippen LogP contribution in [-0.4, -0.2) is 88.3 Å². The summed E-state index contributed by atoms with van der Waals surface area (Å²) < 4.78 is 0. The summed E-state index contributed by atoms with van der Waals surface area (Å²) in [6, 6.07) is -4.23. The Balaban J connectivity index is 2.77. The SMILES string of the molecule is CSCCC(NC(=O)C(CS)NC(=O)C(CC(=O)O)NC(=O)C1CCCN1)C(=O)O. The lowest BCUT2D eigenvalue weighted by Crippen LogP contribution is -2.58. The highest BCUT2D eigenvalue weighted by Crippen LogP contribution is 2.06. The molecule has 0 aromatic rings. The molecule has 0 aromatic heterocycles. The molecule has 1 saturated heterocycles. The second kappa shape index (κ2) is 13.3. The molecule has 1 aliphatic heterocycles. The zero-order chi connectivity index (χ0) is 22.7. The van der Waals surface area contributed by atoms with Crippen LogP contribution in [0.15, 0.2) is 0 Å². The normalized spacial score (nSPS) is 18.7. The van der Waals surface area contributed by atoms with E-state index in [4.69, 9.17) is 5.11 Å². The van der Waals surface area contributed by atoms with Crippen LogP contribution in [0, 0.1) is 0 Å². The van der Waals surface area contributed by atoms with Gasteiger partial charge in [-0.25, -0.2) is 4.79 Å². The first-order valence-corrected chi connectivity index (χ1v) is 11.4. The van der Waals surface area contributed by atoms with Crippen LogP contribution in [0.2, 0.25) is 0 Å². The number of carbonyl (C=O) groups is 5. The largest absolute Gasteiger partial charge is 0.481 e. The topological polar surface area (TPSA) is 174 Å². The monoisotopic (exact) mass is 464 g/mol. The lowest BCUT2D eigenvalue weighted by Gasteiger charge is -2.23. The van der Waals surface area contributed by atoms with E-state index in [1.165, 1.54) is 11.8 Å². The maximum atomic E-state index is 12.6. The first kappa shape index (κ1) is 26.0. The van der Waals surface area contributed by atoms with Gasteiger partial charge in [-0.05, 0) is 37.8 Å². The van der Waals surface area contributed by atoms with E-state index < -0.39 is 60.2 Å². The number of aliphatic carboxylic acids is 2. The number of carbonyl (C=O) groups excluding carboxylic acids is 3. The van der Waals surface area contributed by atoms with Gasteiger partial charge >= 0.3 is 11.9 Å². The summed E-state index contributed by atoms with van der Waals surface area (Å²) in [6.07, 6.45) is 2.69. The van der Waals surface area contributed by atoms with Crippen LogP contribution in [0.5, 0.6) is 0 Å². The van der Waals surface area contributed by atoms with Gasteiger partial charge in [0.1, 0.15) is 18.1 Å². The summed E-state index contributed by atoms with van der Waals surface area (Å²) in [4.78, 5) is 59.6. The molecule has 3 amide bonds. The molecule has 13 heteroatoms. The molecule has 0 radical (unpaired) electrons. The number of thioether (sulfide) groups is 1. The number of carboxylic acid groups (broad SMARTS) is 2. The summed E-state index contributed by atoms with van der Waals surface area (Å²) in [5.41, 5.74) is 0. The second-order valence-corrected chi connectivity index (χ2v) is 8.08. The molecular formula is C17H28N4O7S2. The number of amides is 3. The number of rotatable bonds is 13. The van der Waals surface area contributed by atoms with Crippen molar-refractivity contribution in [1.82, 2.24) is 21.3 Å². The highest BCUT2D eigenvalue weighted by Gasteiger charge is 2.32. The van der Waals surface area contributed by atoms with Crippen LogP contribution < -0.4 is 21.3 Å². The van der Waals surface area contributed by atoms with Crippen molar-refractivity contribution >= 4 is 54.1 Å². The minimum atomic E-state index is -1.39. The van der Waals surface area contributed by atoms with Gasteiger partial charge in [0.2, 0.25) is 17.7 Å². The molecule has 30 heavy (non-hydrogen) atoms. The maximum Gasteiger partial charge on any atom is 0.326 e. The third-order valence-corrected chi connectivity index (χ3v) is 5.44. The summed E-state index contributed by atoms with van der Waals surface area (Å²) in [6.45, 7) is 0.650. The minimum absolute atomic E-state index is 0.148. The molecule has 0 bridgehead atoms. The molecule has 0 saturated carbocycles. The zero-order valence-electron chi connectivity index (χ0n) is 16.6. The smallest absolute Gasteiger partial charge is 0.326 e. The van der Waals surface area contributed by atoms with Crippen molar-refractivity contribution in [1.29, 1.82) is 0 Å². The number of thiol groups is 1. The average molecular weight is 465 g/mol. The fourth-order valence-corrected chi connectivity index (χ4v) is 3.52. The fourth-order valence-electron chi connectivity index (χ4n) is 2.80. The van der Waals surface area contributed by atoms with E-state index in [1.807, 2.05) is 0 Å². The van der Waals surface area contributed by atoms with Crippen LogP contribution in [0.25, 0.3) is 0 Å². The summed E-state index contributed by atoms with van der Waals surface area (Å²) >= 11 is 5.44. The van der Waals surface area contributed by atoms with Gasteiger partial charge in [-0.2, -0.15) is 24.4 Å². The van der Waals surface area contributed by atoms with E-state index in [0.29, 0.717) is 18.7 Å². The molecule has 1 aliphatic rings. The highest BCUT2D eigenvalue weighted by atomic mass is 32.2. The molecular weight excluding hydrogens is 436 g/mol. The minimum Gasteiger partial charge on any atom is -0.481 e. The maximum absolute atomic E-state index is 12.6. The Morgan fingerprint density at radius 3 is 2.20 bits per heavy atom.